The second-order valence-corrected chi connectivity index (χ2v) is 7.91. The van der Waals surface area contributed by atoms with Crippen LogP contribution in [0.2, 0.25) is 0 Å². The van der Waals surface area contributed by atoms with Crippen molar-refractivity contribution >= 4 is 11.8 Å². The van der Waals surface area contributed by atoms with Crippen LogP contribution in [0.5, 0.6) is 0 Å². The fraction of sp³-hybridized carbons (Fsp3) is 0.684. The lowest BCUT2D eigenvalue weighted by molar-refractivity contribution is -0.301. The number of fused-ring (bicyclic) bond motifs is 1. The summed E-state index contributed by atoms with van der Waals surface area (Å²) < 4.78 is 24.3. The number of hydrogen-bond donors (Lipinski definition) is 0. The van der Waals surface area contributed by atoms with E-state index in [1.807, 2.05) is 19.9 Å². The quantitative estimate of drug-likeness (QED) is 0.550. The largest absolute Gasteiger partial charge is 0.373 e. The van der Waals surface area contributed by atoms with Gasteiger partial charge in [0.2, 0.25) is 0 Å². The van der Waals surface area contributed by atoms with Gasteiger partial charge in [-0.15, -0.1) is 11.8 Å². The van der Waals surface area contributed by atoms with E-state index >= 15 is 0 Å². The minimum atomic E-state index is -0.571. The van der Waals surface area contributed by atoms with Crippen molar-refractivity contribution in [3.63, 3.8) is 0 Å². The molecule has 2 heterocycles. The van der Waals surface area contributed by atoms with Gasteiger partial charge in [-0.25, -0.2) is 0 Å². The maximum atomic E-state index is 6.23. The maximum Gasteiger partial charge on any atom is 0.163 e. The molecule has 2 fully saturated rings. The van der Waals surface area contributed by atoms with Crippen molar-refractivity contribution in [1.29, 1.82) is 0 Å². The predicted octanol–water partition coefficient (Wildman–Crippen LogP) is 3.88. The SMILES string of the molecule is CCCCOC1C2OC(C)(C)OC[C@@H]2O[C@@H]1CSc1ccccc1. The summed E-state index contributed by atoms with van der Waals surface area (Å²) in [7, 11) is 0. The number of ether oxygens (including phenoxy) is 4. The van der Waals surface area contributed by atoms with Gasteiger partial charge in [0, 0.05) is 17.3 Å². The number of unbranched alkanes of at least 4 members (excludes halogenated alkanes) is 1. The molecule has 24 heavy (non-hydrogen) atoms. The topological polar surface area (TPSA) is 36.9 Å². The van der Waals surface area contributed by atoms with Crippen LogP contribution in [-0.4, -0.2) is 49.2 Å². The van der Waals surface area contributed by atoms with E-state index in [1.165, 1.54) is 4.90 Å². The van der Waals surface area contributed by atoms with Crippen LogP contribution in [0.3, 0.4) is 0 Å². The van der Waals surface area contributed by atoms with Gasteiger partial charge < -0.3 is 18.9 Å². The van der Waals surface area contributed by atoms with Gasteiger partial charge in [0.15, 0.2) is 5.79 Å². The second-order valence-electron chi connectivity index (χ2n) is 6.82. The summed E-state index contributed by atoms with van der Waals surface area (Å²) in [6.07, 6.45) is 2.10. The molecule has 134 valence electrons. The minimum absolute atomic E-state index is 0.0269. The lowest BCUT2D eigenvalue weighted by Crippen LogP contribution is -2.51. The predicted molar refractivity (Wildman–Crippen MR) is 95.4 cm³/mol. The molecule has 0 radical (unpaired) electrons. The summed E-state index contributed by atoms with van der Waals surface area (Å²) in [5.41, 5.74) is 0. The molecule has 0 bridgehead atoms. The lowest BCUT2D eigenvalue weighted by Gasteiger charge is -2.38. The zero-order chi connectivity index (χ0) is 17.0. The van der Waals surface area contributed by atoms with E-state index in [0.29, 0.717) is 6.61 Å². The third kappa shape index (κ3) is 4.52. The van der Waals surface area contributed by atoms with E-state index < -0.39 is 5.79 Å². The molecule has 5 heteroatoms. The summed E-state index contributed by atoms with van der Waals surface area (Å²) in [6, 6.07) is 10.4. The minimum Gasteiger partial charge on any atom is -0.373 e. The van der Waals surface area contributed by atoms with E-state index in [9.17, 15) is 0 Å². The first kappa shape index (κ1) is 18.2. The molecule has 4 nitrogen and oxygen atoms in total. The lowest BCUT2D eigenvalue weighted by atomic mass is 10.1. The molecular formula is C19H28O4S. The Morgan fingerprint density at radius 3 is 2.79 bits per heavy atom. The summed E-state index contributed by atoms with van der Waals surface area (Å²) in [6.45, 7) is 7.41. The first-order valence-electron chi connectivity index (χ1n) is 8.86. The highest BCUT2D eigenvalue weighted by Crippen LogP contribution is 2.36. The second kappa shape index (κ2) is 8.19. The van der Waals surface area contributed by atoms with Crippen molar-refractivity contribution in [2.75, 3.05) is 19.0 Å². The van der Waals surface area contributed by atoms with Gasteiger partial charge in [0.25, 0.3) is 0 Å². The molecule has 0 aromatic heterocycles. The van der Waals surface area contributed by atoms with Crippen molar-refractivity contribution in [2.24, 2.45) is 0 Å². The normalized spacial score (nSPS) is 31.8. The summed E-state index contributed by atoms with van der Waals surface area (Å²) in [4.78, 5) is 1.25. The highest BCUT2D eigenvalue weighted by molar-refractivity contribution is 7.99. The molecule has 0 amide bonds. The highest BCUT2D eigenvalue weighted by atomic mass is 32.2. The first-order valence-corrected chi connectivity index (χ1v) is 9.84. The molecule has 2 saturated heterocycles. The van der Waals surface area contributed by atoms with E-state index in [1.54, 1.807) is 11.8 Å². The summed E-state index contributed by atoms with van der Waals surface area (Å²) >= 11 is 1.80. The maximum absolute atomic E-state index is 6.23. The third-order valence-electron chi connectivity index (χ3n) is 4.39. The molecule has 2 aliphatic heterocycles. The van der Waals surface area contributed by atoms with Crippen molar-refractivity contribution in [2.45, 2.75) is 68.7 Å². The fourth-order valence-electron chi connectivity index (χ4n) is 3.12. The zero-order valence-corrected chi connectivity index (χ0v) is 15.6. The Kier molecular flexibility index (Phi) is 6.22. The van der Waals surface area contributed by atoms with Crippen molar-refractivity contribution in [3.05, 3.63) is 30.3 Å². The van der Waals surface area contributed by atoms with Gasteiger partial charge in [-0.2, -0.15) is 0 Å². The van der Waals surface area contributed by atoms with Gasteiger partial charge >= 0.3 is 0 Å². The average Bonchev–Trinajstić information content (AvgIpc) is 2.90. The number of rotatable bonds is 7. The van der Waals surface area contributed by atoms with Crippen LogP contribution >= 0.6 is 11.8 Å². The Labute approximate surface area is 149 Å². The average molecular weight is 352 g/mol. The van der Waals surface area contributed by atoms with Crippen LogP contribution in [0.1, 0.15) is 33.6 Å². The molecule has 0 saturated carbocycles. The van der Waals surface area contributed by atoms with Crippen LogP contribution in [0.4, 0.5) is 0 Å². The van der Waals surface area contributed by atoms with E-state index in [-0.39, 0.29) is 24.4 Å². The van der Waals surface area contributed by atoms with Crippen LogP contribution in [0, 0.1) is 0 Å². The molecule has 2 unspecified atom stereocenters. The summed E-state index contributed by atoms with van der Waals surface area (Å²) in [5.74, 6) is 0.288. The Hall–Kier alpha value is -0.590. The van der Waals surface area contributed by atoms with Gasteiger partial charge in [-0.3, -0.25) is 0 Å². The number of benzene rings is 1. The van der Waals surface area contributed by atoms with E-state index in [0.717, 1.165) is 25.2 Å². The van der Waals surface area contributed by atoms with Crippen LogP contribution in [0.25, 0.3) is 0 Å². The van der Waals surface area contributed by atoms with Crippen molar-refractivity contribution in [1.82, 2.24) is 0 Å². The Morgan fingerprint density at radius 2 is 2.04 bits per heavy atom. The standard InChI is InChI=1S/C19H28O4S/c1-4-5-11-20-17-16(13-24-14-9-7-6-8-10-14)22-15-12-21-19(2,3)23-18(15)17/h6-10,15-18H,4-5,11-13H2,1-3H3/t15-,16+,17?,18?/m0/s1. The Bertz CT molecular complexity index is 507. The number of thioether (sulfide) groups is 1. The molecular weight excluding hydrogens is 324 g/mol. The monoisotopic (exact) mass is 352 g/mol. The molecule has 3 rings (SSSR count). The zero-order valence-electron chi connectivity index (χ0n) is 14.8. The third-order valence-corrected chi connectivity index (χ3v) is 5.49. The van der Waals surface area contributed by atoms with Crippen molar-refractivity contribution in [3.8, 4) is 0 Å². The molecule has 1 aromatic carbocycles. The van der Waals surface area contributed by atoms with Gasteiger partial charge in [0.1, 0.15) is 18.3 Å². The van der Waals surface area contributed by atoms with Gasteiger partial charge in [0.05, 0.1) is 12.7 Å². The van der Waals surface area contributed by atoms with Crippen molar-refractivity contribution < 1.29 is 18.9 Å². The highest BCUT2D eigenvalue weighted by Gasteiger charge is 2.51. The molecule has 4 atom stereocenters. The molecule has 2 aliphatic rings. The van der Waals surface area contributed by atoms with Gasteiger partial charge in [-0.1, -0.05) is 31.5 Å². The molecule has 0 aliphatic carbocycles. The smallest absolute Gasteiger partial charge is 0.163 e. The number of hydrogen-bond acceptors (Lipinski definition) is 5. The molecule has 0 spiro atoms. The fourth-order valence-corrected chi connectivity index (χ4v) is 4.09. The molecule has 1 aromatic rings. The Balaban J connectivity index is 1.64. The van der Waals surface area contributed by atoms with E-state index in [2.05, 4.69) is 31.2 Å². The Morgan fingerprint density at radius 1 is 1.25 bits per heavy atom. The molecule has 0 N–H and O–H groups in total. The van der Waals surface area contributed by atoms with Crippen LogP contribution < -0.4 is 0 Å². The van der Waals surface area contributed by atoms with Crippen LogP contribution in [-0.2, 0) is 18.9 Å². The van der Waals surface area contributed by atoms with E-state index in [4.69, 9.17) is 18.9 Å². The summed E-state index contributed by atoms with van der Waals surface area (Å²) in [5, 5.41) is 0. The first-order chi connectivity index (χ1) is 11.6. The van der Waals surface area contributed by atoms with Gasteiger partial charge in [-0.05, 0) is 32.4 Å². The van der Waals surface area contributed by atoms with Crippen LogP contribution in [0.15, 0.2) is 35.2 Å².